The van der Waals surface area contributed by atoms with Crippen molar-refractivity contribution in [2.45, 2.75) is 19.4 Å². The van der Waals surface area contributed by atoms with Gasteiger partial charge in [0.2, 0.25) is 0 Å². The van der Waals surface area contributed by atoms with Crippen LogP contribution >= 0.6 is 11.3 Å². The molecule has 2 heterocycles. The number of nitrogens with one attached hydrogen (secondary N) is 1. The van der Waals surface area contributed by atoms with Crippen LogP contribution in [0.15, 0.2) is 22.6 Å². The predicted octanol–water partition coefficient (Wildman–Crippen LogP) is 0.421. The van der Waals surface area contributed by atoms with Gasteiger partial charge >= 0.3 is 5.97 Å². The predicted molar refractivity (Wildman–Crippen MR) is 82.7 cm³/mol. The molecule has 120 valence electrons. The number of nitriles is 1. The maximum Gasteiger partial charge on any atom is 0.308 e. The molecule has 0 aliphatic rings. The van der Waals surface area contributed by atoms with E-state index in [4.69, 9.17) is 10.00 Å². The summed E-state index contributed by atoms with van der Waals surface area (Å²) in [6, 6.07) is 3.57. The fourth-order valence-corrected chi connectivity index (χ4v) is 2.51. The highest BCUT2D eigenvalue weighted by atomic mass is 32.1. The molecule has 2 aromatic rings. The molecule has 8 nitrogen and oxygen atoms in total. The van der Waals surface area contributed by atoms with Gasteiger partial charge < -0.3 is 10.1 Å². The average Bonchev–Trinajstić information content (AvgIpc) is 3.02. The summed E-state index contributed by atoms with van der Waals surface area (Å²) in [6.07, 6.45) is 1.55. The van der Waals surface area contributed by atoms with Crippen LogP contribution in [0.3, 0.4) is 0 Å². The number of aromatic nitrogens is 2. The minimum atomic E-state index is -0.585. The second-order valence-electron chi connectivity index (χ2n) is 4.55. The van der Waals surface area contributed by atoms with E-state index >= 15 is 0 Å². The van der Waals surface area contributed by atoms with Crippen LogP contribution in [0.1, 0.15) is 12.8 Å². The topological polar surface area (TPSA) is 114 Å². The van der Waals surface area contributed by atoms with Crippen LogP contribution in [0.4, 0.5) is 0 Å². The van der Waals surface area contributed by atoms with Gasteiger partial charge in [-0.15, -0.1) is 11.3 Å². The van der Waals surface area contributed by atoms with Crippen molar-refractivity contribution in [2.75, 3.05) is 13.2 Å². The maximum atomic E-state index is 12.1. The summed E-state index contributed by atoms with van der Waals surface area (Å²) in [6.45, 7) is -0.0535. The van der Waals surface area contributed by atoms with E-state index < -0.39 is 18.5 Å². The zero-order valence-electron chi connectivity index (χ0n) is 12.2. The minimum Gasteiger partial charge on any atom is -0.456 e. The molecule has 0 radical (unpaired) electrons. The monoisotopic (exact) mass is 334 g/mol. The van der Waals surface area contributed by atoms with Gasteiger partial charge in [0, 0.05) is 13.1 Å². The number of hydrogen-bond donors (Lipinski definition) is 1. The second-order valence-corrected chi connectivity index (χ2v) is 5.45. The number of amides is 1. The highest BCUT2D eigenvalue weighted by Crippen LogP contribution is 2.13. The third-order valence-corrected chi connectivity index (χ3v) is 3.75. The fraction of sp³-hybridized carbons (Fsp3) is 0.357. The van der Waals surface area contributed by atoms with Crippen LogP contribution in [-0.4, -0.2) is 34.6 Å². The molecule has 0 aliphatic heterocycles. The molecule has 0 fully saturated rings. The normalized spacial score (nSPS) is 10.2. The first-order valence-corrected chi connectivity index (χ1v) is 7.71. The standard InChI is InChI=1S/C14H14N4O4S/c15-4-1-5-16-11(19)8-22-12(20)2-6-18-9-17-13-10(14(18)21)3-7-23-13/h3,7,9H,1-2,5-6,8H2,(H,16,19). The lowest BCUT2D eigenvalue weighted by molar-refractivity contribution is -0.148. The van der Waals surface area contributed by atoms with Gasteiger partial charge in [0.15, 0.2) is 6.61 Å². The van der Waals surface area contributed by atoms with Gasteiger partial charge in [-0.1, -0.05) is 0 Å². The number of carbonyl (C=O) groups excluding carboxylic acids is 2. The maximum absolute atomic E-state index is 12.1. The smallest absolute Gasteiger partial charge is 0.308 e. The average molecular weight is 334 g/mol. The number of rotatable bonds is 7. The molecule has 0 atom stereocenters. The second kappa shape index (κ2) is 8.05. The number of thiophene rings is 1. The van der Waals surface area contributed by atoms with E-state index in [1.165, 1.54) is 22.2 Å². The molecule has 23 heavy (non-hydrogen) atoms. The highest BCUT2D eigenvalue weighted by Gasteiger charge is 2.10. The molecule has 0 spiro atoms. The third kappa shape index (κ3) is 4.62. The molecule has 2 rings (SSSR count). The van der Waals surface area contributed by atoms with Gasteiger partial charge in [-0.3, -0.25) is 19.0 Å². The Morgan fingerprint density at radius 3 is 3.09 bits per heavy atom. The number of ether oxygens (including phenoxy) is 1. The van der Waals surface area contributed by atoms with Gasteiger partial charge in [-0.25, -0.2) is 4.98 Å². The van der Waals surface area contributed by atoms with Gasteiger partial charge in [0.1, 0.15) is 4.83 Å². The summed E-state index contributed by atoms with van der Waals surface area (Å²) in [5.74, 6) is -1.05. The van der Waals surface area contributed by atoms with E-state index in [2.05, 4.69) is 10.3 Å². The first-order chi connectivity index (χ1) is 11.1. The summed E-state index contributed by atoms with van der Waals surface area (Å²) < 4.78 is 6.14. The van der Waals surface area contributed by atoms with E-state index in [9.17, 15) is 14.4 Å². The van der Waals surface area contributed by atoms with Crippen molar-refractivity contribution in [3.63, 3.8) is 0 Å². The highest BCUT2D eigenvalue weighted by molar-refractivity contribution is 7.16. The van der Waals surface area contributed by atoms with Crippen LogP contribution in [0.5, 0.6) is 0 Å². The first kappa shape index (κ1) is 16.6. The number of fused-ring (bicyclic) bond motifs is 1. The molecule has 2 aromatic heterocycles. The van der Waals surface area contributed by atoms with Crippen molar-refractivity contribution in [2.24, 2.45) is 0 Å². The number of hydrogen-bond acceptors (Lipinski definition) is 7. The number of aryl methyl sites for hydroxylation is 1. The summed E-state index contributed by atoms with van der Waals surface area (Å²) in [5, 5.41) is 13.1. The van der Waals surface area contributed by atoms with Gasteiger partial charge in [-0.2, -0.15) is 5.26 Å². The number of esters is 1. The van der Waals surface area contributed by atoms with Gasteiger partial charge in [0.05, 0.1) is 30.6 Å². The molecule has 0 unspecified atom stereocenters. The Hall–Kier alpha value is -2.73. The Morgan fingerprint density at radius 2 is 2.30 bits per heavy atom. The Labute approximate surface area is 135 Å². The first-order valence-electron chi connectivity index (χ1n) is 6.83. The molecule has 0 saturated heterocycles. The Morgan fingerprint density at radius 1 is 1.48 bits per heavy atom. The fourth-order valence-electron chi connectivity index (χ4n) is 1.79. The van der Waals surface area contributed by atoms with Crippen molar-refractivity contribution >= 4 is 33.4 Å². The van der Waals surface area contributed by atoms with Crippen molar-refractivity contribution in [3.8, 4) is 6.07 Å². The molecular formula is C14H14N4O4S. The lowest BCUT2D eigenvalue weighted by Gasteiger charge is -2.06. The van der Waals surface area contributed by atoms with E-state index in [-0.39, 0.29) is 31.5 Å². The lowest BCUT2D eigenvalue weighted by atomic mass is 10.4. The lowest BCUT2D eigenvalue weighted by Crippen LogP contribution is -2.30. The molecular weight excluding hydrogens is 320 g/mol. The van der Waals surface area contributed by atoms with Gasteiger partial charge in [-0.05, 0) is 11.4 Å². The van der Waals surface area contributed by atoms with Crippen LogP contribution < -0.4 is 10.9 Å². The van der Waals surface area contributed by atoms with Crippen molar-refractivity contribution in [1.29, 1.82) is 5.26 Å². The summed E-state index contributed by atoms with van der Waals surface area (Å²) in [7, 11) is 0. The van der Waals surface area contributed by atoms with E-state index in [0.717, 1.165) is 0 Å². The Balaban J connectivity index is 1.80. The molecule has 1 N–H and O–H groups in total. The minimum absolute atomic E-state index is 0.0390. The molecule has 0 bridgehead atoms. The van der Waals surface area contributed by atoms with Crippen molar-refractivity contribution in [1.82, 2.24) is 14.9 Å². The Kier molecular flexibility index (Phi) is 5.82. The SMILES string of the molecule is N#CCCNC(=O)COC(=O)CCn1cnc2sccc2c1=O. The Bertz CT molecular complexity index is 805. The van der Waals surface area contributed by atoms with Crippen LogP contribution in [0.25, 0.3) is 10.2 Å². The summed E-state index contributed by atoms with van der Waals surface area (Å²) in [5.41, 5.74) is -0.210. The largest absolute Gasteiger partial charge is 0.456 e. The quantitative estimate of drug-likeness (QED) is 0.580. The van der Waals surface area contributed by atoms with Crippen LogP contribution in [0.2, 0.25) is 0 Å². The van der Waals surface area contributed by atoms with Crippen LogP contribution in [0, 0.1) is 11.3 Å². The molecule has 0 aliphatic carbocycles. The number of carbonyl (C=O) groups is 2. The molecule has 9 heteroatoms. The zero-order chi connectivity index (χ0) is 16.7. The van der Waals surface area contributed by atoms with Crippen molar-refractivity contribution in [3.05, 3.63) is 28.1 Å². The molecule has 0 aromatic carbocycles. The summed E-state index contributed by atoms with van der Waals surface area (Å²) >= 11 is 1.37. The van der Waals surface area contributed by atoms with Gasteiger partial charge in [0.25, 0.3) is 11.5 Å². The number of nitrogens with zero attached hydrogens (tertiary/aromatic N) is 3. The van der Waals surface area contributed by atoms with Crippen LogP contribution in [-0.2, 0) is 20.9 Å². The van der Waals surface area contributed by atoms with E-state index in [1.807, 2.05) is 6.07 Å². The molecule has 0 saturated carbocycles. The third-order valence-electron chi connectivity index (χ3n) is 2.93. The zero-order valence-corrected chi connectivity index (χ0v) is 13.0. The molecule has 1 amide bonds. The van der Waals surface area contributed by atoms with E-state index in [1.54, 1.807) is 11.4 Å². The van der Waals surface area contributed by atoms with E-state index in [0.29, 0.717) is 10.2 Å². The van der Waals surface area contributed by atoms with Crippen molar-refractivity contribution < 1.29 is 14.3 Å². The summed E-state index contributed by atoms with van der Waals surface area (Å²) in [4.78, 5) is 39.8.